The van der Waals surface area contributed by atoms with Crippen molar-refractivity contribution < 1.29 is 19.7 Å². The van der Waals surface area contributed by atoms with Gasteiger partial charge in [0.25, 0.3) is 0 Å². The van der Waals surface area contributed by atoms with Crippen molar-refractivity contribution in [1.82, 2.24) is 0 Å². The van der Waals surface area contributed by atoms with E-state index < -0.39 is 0 Å². The monoisotopic (exact) mass is 410 g/mol. The van der Waals surface area contributed by atoms with Gasteiger partial charge in [-0.3, -0.25) is 10.1 Å². The fourth-order valence-corrected chi connectivity index (χ4v) is 4.45. The van der Waals surface area contributed by atoms with Crippen molar-refractivity contribution in [2.45, 2.75) is 71.3 Å². The van der Waals surface area contributed by atoms with Crippen LogP contribution in [0.4, 0.5) is 0 Å². The number of benzene rings is 2. The summed E-state index contributed by atoms with van der Waals surface area (Å²) in [4.78, 5) is 17.5. The standard InChI is InChI=1S/C26H34O4/c1-3-5-19-7-11-21(12-8-19)25(30-28)22-13-15-23(16-14-22)26(27)29-24-17-9-20(6-4-2)10-18-24/h7-12,17-18,22-23,25,28H,3-6,13-16H2,1-2H3. The van der Waals surface area contributed by atoms with Crippen molar-refractivity contribution in [3.05, 3.63) is 65.2 Å². The lowest BCUT2D eigenvalue weighted by Crippen LogP contribution is -2.28. The fourth-order valence-electron chi connectivity index (χ4n) is 4.45. The summed E-state index contributed by atoms with van der Waals surface area (Å²) in [6, 6.07) is 16.1. The van der Waals surface area contributed by atoms with Crippen LogP contribution < -0.4 is 4.74 Å². The second-order valence-corrected chi connectivity index (χ2v) is 8.44. The molecule has 0 amide bonds. The highest BCUT2D eigenvalue weighted by Crippen LogP contribution is 2.39. The van der Waals surface area contributed by atoms with Gasteiger partial charge >= 0.3 is 5.97 Å². The topological polar surface area (TPSA) is 55.8 Å². The molecule has 4 heteroatoms. The molecule has 4 nitrogen and oxygen atoms in total. The first kappa shape index (κ1) is 22.5. The van der Waals surface area contributed by atoms with Crippen LogP contribution in [0.1, 0.15) is 75.2 Å². The first-order valence-corrected chi connectivity index (χ1v) is 11.3. The molecule has 0 bridgehead atoms. The Hall–Kier alpha value is -2.17. The maximum atomic E-state index is 12.6. The van der Waals surface area contributed by atoms with Crippen LogP contribution in [0, 0.1) is 11.8 Å². The van der Waals surface area contributed by atoms with Crippen LogP contribution in [-0.4, -0.2) is 11.2 Å². The molecule has 162 valence electrons. The Morgan fingerprint density at radius 1 is 0.900 bits per heavy atom. The van der Waals surface area contributed by atoms with E-state index in [2.05, 4.69) is 38.1 Å². The summed E-state index contributed by atoms with van der Waals surface area (Å²) < 4.78 is 5.61. The molecular weight excluding hydrogens is 376 g/mol. The van der Waals surface area contributed by atoms with Crippen molar-refractivity contribution in [2.24, 2.45) is 11.8 Å². The van der Waals surface area contributed by atoms with Crippen LogP contribution in [0.15, 0.2) is 48.5 Å². The Balaban J connectivity index is 1.53. The lowest BCUT2D eigenvalue weighted by Gasteiger charge is -2.31. The third kappa shape index (κ3) is 5.93. The molecule has 1 aliphatic carbocycles. The molecule has 0 heterocycles. The molecule has 3 rings (SSSR count). The number of carbonyl (C=O) groups is 1. The third-order valence-corrected chi connectivity index (χ3v) is 6.17. The summed E-state index contributed by atoms with van der Waals surface area (Å²) in [6.45, 7) is 4.32. The van der Waals surface area contributed by atoms with Crippen molar-refractivity contribution in [2.75, 3.05) is 0 Å². The van der Waals surface area contributed by atoms with Crippen LogP contribution in [0.5, 0.6) is 5.75 Å². The van der Waals surface area contributed by atoms with E-state index in [-0.39, 0.29) is 23.9 Å². The Morgan fingerprint density at radius 3 is 1.93 bits per heavy atom. The molecule has 30 heavy (non-hydrogen) atoms. The van der Waals surface area contributed by atoms with E-state index in [0.717, 1.165) is 56.9 Å². The molecule has 0 radical (unpaired) electrons. The third-order valence-electron chi connectivity index (χ3n) is 6.17. The van der Waals surface area contributed by atoms with Crippen LogP contribution in [0.25, 0.3) is 0 Å². The second-order valence-electron chi connectivity index (χ2n) is 8.44. The van der Waals surface area contributed by atoms with Gasteiger partial charge < -0.3 is 4.74 Å². The summed E-state index contributed by atoms with van der Waals surface area (Å²) in [5.74, 6) is 0.569. The van der Waals surface area contributed by atoms with E-state index >= 15 is 0 Å². The minimum absolute atomic E-state index is 0.0946. The van der Waals surface area contributed by atoms with Crippen LogP contribution in [0.2, 0.25) is 0 Å². The van der Waals surface area contributed by atoms with E-state index in [1.54, 1.807) is 0 Å². The average molecular weight is 411 g/mol. The first-order chi connectivity index (χ1) is 14.6. The first-order valence-electron chi connectivity index (χ1n) is 11.3. The zero-order chi connectivity index (χ0) is 21.3. The average Bonchev–Trinajstić information content (AvgIpc) is 2.77. The zero-order valence-electron chi connectivity index (χ0n) is 18.2. The predicted molar refractivity (Wildman–Crippen MR) is 118 cm³/mol. The molecule has 2 aromatic carbocycles. The molecule has 2 aromatic rings. The maximum Gasteiger partial charge on any atom is 0.314 e. The summed E-state index contributed by atoms with van der Waals surface area (Å²) in [5, 5.41) is 9.54. The molecule has 1 atom stereocenters. The molecule has 0 saturated heterocycles. The molecule has 1 saturated carbocycles. The zero-order valence-corrected chi connectivity index (χ0v) is 18.2. The van der Waals surface area contributed by atoms with Gasteiger partial charge in [0.2, 0.25) is 0 Å². The van der Waals surface area contributed by atoms with Crippen molar-refractivity contribution in [3.63, 3.8) is 0 Å². The SMILES string of the molecule is CCCc1ccc(OC(=O)C2CCC(C(OO)c3ccc(CCC)cc3)CC2)cc1. The number of esters is 1. The lowest BCUT2D eigenvalue weighted by molar-refractivity contribution is -0.296. The van der Waals surface area contributed by atoms with Gasteiger partial charge in [-0.25, -0.2) is 4.89 Å². The number of aryl methyl sites for hydroxylation is 2. The van der Waals surface area contributed by atoms with Crippen molar-refractivity contribution in [3.8, 4) is 5.75 Å². The molecule has 0 spiro atoms. The van der Waals surface area contributed by atoms with Gasteiger partial charge in [0.1, 0.15) is 11.9 Å². The Kier molecular flexibility index (Phi) is 8.47. The Labute approximate surface area is 180 Å². The fraction of sp³-hybridized carbons (Fsp3) is 0.500. The molecule has 0 aliphatic heterocycles. The normalized spacial score (nSPS) is 20.0. The Morgan fingerprint density at radius 2 is 1.43 bits per heavy atom. The summed E-state index contributed by atoms with van der Waals surface area (Å²) >= 11 is 0. The van der Waals surface area contributed by atoms with Gasteiger partial charge in [-0.15, -0.1) is 0 Å². The van der Waals surface area contributed by atoms with Crippen LogP contribution in [-0.2, 0) is 22.5 Å². The van der Waals surface area contributed by atoms with E-state index in [0.29, 0.717) is 5.75 Å². The highest BCUT2D eigenvalue weighted by Gasteiger charge is 2.33. The molecule has 1 aliphatic rings. The van der Waals surface area contributed by atoms with Gasteiger partial charge in [-0.05, 0) is 73.3 Å². The minimum atomic E-state index is -0.344. The van der Waals surface area contributed by atoms with Gasteiger partial charge in [0, 0.05) is 0 Å². The second kappa shape index (κ2) is 11.3. The van der Waals surface area contributed by atoms with Crippen LogP contribution in [0.3, 0.4) is 0 Å². The quantitative estimate of drug-likeness (QED) is 0.221. The van der Waals surface area contributed by atoms with E-state index in [9.17, 15) is 10.1 Å². The highest BCUT2D eigenvalue weighted by molar-refractivity contribution is 5.75. The molecule has 0 aromatic heterocycles. The van der Waals surface area contributed by atoms with Crippen LogP contribution >= 0.6 is 0 Å². The largest absolute Gasteiger partial charge is 0.426 e. The predicted octanol–water partition coefficient (Wildman–Crippen LogP) is 6.53. The van der Waals surface area contributed by atoms with Gasteiger partial charge in [-0.2, -0.15) is 0 Å². The van der Waals surface area contributed by atoms with E-state index in [4.69, 9.17) is 9.62 Å². The molecule has 1 fully saturated rings. The van der Waals surface area contributed by atoms with E-state index in [1.165, 1.54) is 11.1 Å². The summed E-state index contributed by atoms with van der Waals surface area (Å²) in [7, 11) is 0. The van der Waals surface area contributed by atoms with Gasteiger partial charge in [0.05, 0.1) is 5.92 Å². The number of hydrogen-bond donors (Lipinski definition) is 1. The summed E-state index contributed by atoms with van der Waals surface area (Å²) in [5.41, 5.74) is 3.55. The highest BCUT2D eigenvalue weighted by atomic mass is 17.1. The minimum Gasteiger partial charge on any atom is -0.426 e. The van der Waals surface area contributed by atoms with E-state index in [1.807, 2.05) is 24.3 Å². The molecule has 1 unspecified atom stereocenters. The molecule has 1 N–H and O–H groups in total. The Bertz CT molecular complexity index is 774. The smallest absolute Gasteiger partial charge is 0.314 e. The number of rotatable bonds is 9. The maximum absolute atomic E-state index is 12.6. The van der Waals surface area contributed by atoms with Gasteiger partial charge in [-0.1, -0.05) is 63.1 Å². The van der Waals surface area contributed by atoms with Crippen molar-refractivity contribution >= 4 is 5.97 Å². The lowest BCUT2D eigenvalue weighted by atomic mass is 9.77. The molecular formula is C26H34O4. The van der Waals surface area contributed by atoms with Crippen molar-refractivity contribution in [1.29, 1.82) is 0 Å². The van der Waals surface area contributed by atoms with Gasteiger partial charge in [0.15, 0.2) is 0 Å². The number of ether oxygens (including phenoxy) is 1. The summed E-state index contributed by atoms with van der Waals surface area (Å²) in [6.07, 6.45) is 7.13. The number of hydrogen-bond acceptors (Lipinski definition) is 4. The number of carbonyl (C=O) groups excluding carboxylic acids is 1.